The van der Waals surface area contributed by atoms with Crippen LogP contribution in [0.3, 0.4) is 0 Å². The molecule has 23 heavy (non-hydrogen) atoms. The van der Waals surface area contributed by atoms with E-state index in [2.05, 4.69) is 94.6 Å². The largest absolute Gasteiger partial charge is 0.305 e. The van der Waals surface area contributed by atoms with Crippen LogP contribution in [0.2, 0.25) is 0 Å². The lowest BCUT2D eigenvalue weighted by Crippen LogP contribution is -2.47. The quantitative estimate of drug-likeness (QED) is 0.531. The highest BCUT2D eigenvalue weighted by molar-refractivity contribution is 4.74. The molecule has 0 aromatic heterocycles. The van der Waals surface area contributed by atoms with Gasteiger partial charge in [0.15, 0.2) is 0 Å². The van der Waals surface area contributed by atoms with E-state index in [1.165, 1.54) is 0 Å². The van der Waals surface area contributed by atoms with Gasteiger partial charge in [-0.05, 0) is 70.1 Å². The van der Waals surface area contributed by atoms with Crippen molar-refractivity contribution < 1.29 is 0 Å². The van der Waals surface area contributed by atoms with Crippen LogP contribution in [0.5, 0.6) is 0 Å². The van der Waals surface area contributed by atoms with Crippen LogP contribution in [-0.4, -0.2) is 125 Å². The molecule has 0 aliphatic rings. The fourth-order valence-corrected chi connectivity index (χ4v) is 2.35. The minimum absolute atomic E-state index is 0.579. The molecule has 0 saturated carbocycles. The zero-order valence-electron chi connectivity index (χ0n) is 17.5. The second-order valence-electron chi connectivity index (χ2n) is 7.96. The van der Waals surface area contributed by atoms with Gasteiger partial charge in [-0.1, -0.05) is 0 Å². The molecule has 0 rings (SSSR count). The van der Waals surface area contributed by atoms with Gasteiger partial charge in [0.05, 0.1) is 0 Å². The van der Waals surface area contributed by atoms with Crippen LogP contribution in [0.1, 0.15) is 20.8 Å². The molecule has 0 aliphatic carbocycles. The van der Waals surface area contributed by atoms with Gasteiger partial charge in [-0.2, -0.15) is 0 Å². The Morgan fingerprint density at radius 3 is 1.22 bits per heavy atom. The Bertz CT molecular complexity index is 277. The molecule has 0 amide bonds. The van der Waals surface area contributed by atoms with Crippen molar-refractivity contribution >= 4 is 0 Å². The van der Waals surface area contributed by atoms with Gasteiger partial charge in [-0.3, -0.25) is 4.90 Å². The lowest BCUT2D eigenvalue weighted by Gasteiger charge is -2.34. The molecule has 140 valence electrons. The standard InChI is InChI=1S/C18H43N5/c1-16(19(4)5)13-22(10)11-12-23(14-17(2)20(6)7)15-18(3)21(8)9/h16-18H,11-15H2,1-10H3. The van der Waals surface area contributed by atoms with Gasteiger partial charge in [-0.25, -0.2) is 0 Å². The van der Waals surface area contributed by atoms with Crippen LogP contribution in [0.25, 0.3) is 0 Å². The Hall–Kier alpha value is -0.200. The summed E-state index contributed by atoms with van der Waals surface area (Å²) in [6.45, 7) is 12.5. The lowest BCUT2D eigenvalue weighted by molar-refractivity contribution is 0.134. The molecule has 5 heteroatoms. The van der Waals surface area contributed by atoms with Gasteiger partial charge in [0, 0.05) is 50.8 Å². The highest BCUT2D eigenvalue weighted by Gasteiger charge is 2.17. The molecular weight excluding hydrogens is 286 g/mol. The van der Waals surface area contributed by atoms with Crippen LogP contribution in [0.15, 0.2) is 0 Å². The maximum atomic E-state index is 2.62. The number of hydrogen-bond acceptors (Lipinski definition) is 5. The van der Waals surface area contributed by atoms with Crippen molar-refractivity contribution in [2.24, 2.45) is 0 Å². The smallest absolute Gasteiger partial charge is 0.0188 e. The molecule has 0 aliphatic heterocycles. The zero-order valence-corrected chi connectivity index (χ0v) is 17.5. The molecular formula is C18H43N5. The third-order valence-corrected chi connectivity index (χ3v) is 5.06. The first-order valence-corrected chi connectivity index (χ1v) is 8.94. The molecule has 0 aromatic rings. The first kappa shape index (κ1) is 22.8. The summed E-state index contributed by atoms with van der Waals surface area (Å²) in [5.74, 6) is 0. The number of nitrogens with zero attached hydrogens (tertiary/aromatic N) is 5. The minimum Gasteiger partial charge on any atom is -0.305 e. The minimum atomic E-state index is 0.579. The second kappa shape index (κ2) is 11.4. The van der Waals surface area contributed by atoms with Crippen molar-refractivity contribution in [1.82, 2.24) is 24.5 Å². The summed E-state index contributed by atoms with van der Waals surface area (Å²) < 4.78 is 0. The van der Waals surface area contributed by atoms with E-state index in [0.29, 0.717) is 18.1 Å². The van der Waals surface area contributed by atoms with E-state index in [-0.39, 0.29) is 0 Å². The summed E-state index contributed by atoms with van der Waals surface area (Å²) in [6, 6.07) is 1.75. The second-order valence-corrected chi connectivity index (χ2v) is 7.96. The molecule has 0 saturated heterocycles. The van der Waals surface area contributed by atoms with Gasteiger partial charge in [0.2, 0.25) is 0 Å². The molecule has 0 radical (unpaired) electrons. The molecule has 0 fully saturated rings. The Morgan fingerprint density at radius 2 is 0.870 bits per heavy atom. The van der Waals surface area contributed by atoms with Gasteiger partial charge >= 0.3 is 0 Å². The predicted octanol–water partition coefficient (Wildman–Crippen LogP) is 1.07. The summed E-state index contributed by atoms with van der Waals surface area (Å²) in [7, 11) is 15.2. The van der Waals surface area contributed by atoms with E-state index >= 15 is 0 Å². The Labute approximate surface area is 146 Å². The van der Waals surface area contributed by atoms with Crippen LogP contribution >= 0.6 is 0 Å². The molecule has 0 aromatic carbocycles. The first-order chi connectivity index (χ1) is 10.5. The van der Waals surface area contributed by atoms with Crippen molar-refractivity contribution in [2.45, 2.75) is 38.9 Å². The van der Waals surface area contributed by atoms with Crippen molar-refractivity contribution in [1.29, 1.82) is 0 Å². The van der Waals surface area contributed by atoms with E-state index in [4.69, 9.17) is 0 Å². The zero-order chi connectivity index (χ0) is 18.2. The van der Waals surface area contributed by atoms with Gasteiger partial charge in [0.25, 0.3) is 0 Å². The van der Waals surface area contributed by atoms with E-state index in [9.17, 15) is 0 Å². The van der Waals surface area contributed by atoms with Gasteiger partial charge < -0.3 is 19.6 Å². The molecule has 0 bridgehead atoms. The maximum absolute atomic E-state index is 2.62. The summed E-state index contributed by atoms with van der Waals surface area (Å²) in [4.78, 5) is 12.0. The summed E-state index contributed by atoms with van der Waals surface area (Å²) >= 11 is 0. The Morgan fingerprint density at radius 1 is 0.522 bits per heavy atom. The van der Waals surface area contributed by atoms with Crippen molar-refractivity contribution in [3.05, 3.63) is 0 Å². The third-order valence-electron chi connectivity index (χ3n) is 5.06. The van der Waals surface area contributed by atoms with Crippen LogP contribution in [-0.2, 0) is 0 Å². The number of rotatable bonds is 12. The van der Waals surface area contributed by atoms with E-state index in [0.717, 1.165) is 32.7 Å². The van der Waals surface area contributed by atoms with Gasteiger partial charge in [-0.15, -0.1) is 0 Å². The Balaban J connectivity index is 4.50. The molecule has 5 nitrogen and oxygen atoms in total. The normalized spacial score (nSPS) is 16.8. The number of likely N-dealkylation sites (N-methyl/N-ethyl adjacent to an activating group) is 4. The lowest BCUT2D eigenvalue weighted by atomic mass is 10.2. The Kier molecular flexibility index (Phi) is 11.3. The highest BCUT2D eigenvalue weighted by Crippen LogP contribution is 2.03. The SMILES string of the molecule is CC(CN(C)CCN(CC(C)N(C)C)CC(C)N(C)C)N(C)C. The van der Waals surface area contributed by atoms with Gasteiger partial charge in [0.1, 0.15) is 0 Å². The topological polar surface area (TPSA) is 16.2 Å². The summed E-state index contributed by atoms with van der Waals surface area (Å²) in [5, 5.41) is 0. The molecule has 0 spiro atoms. The van der Waals surface area contributed by atoms with Crippen LogP contribution in [0.4, 0.5) is 0 Å². The van der Waals surface area contributed by atoms with E-state index in [1.54, 1.807) is 0 Å². The van der Waals surface area contributed by atoms with E-state index < -0.39 is 0 Å². The van der Waals surface area contributed by atoms with Crippen LogP contribution in [0, 0.1) is 0 Å². The van der Waals surface area contributed by atoms with E-state index in [1.807, 2.05) is 0 Å². The fraction of sp³-hybridized carbons (Fsp3) is 1.00. The molecule has 0 N–H and O–H groups in total. The average molecular weight is 330 g/mol. The van der Waals surface area contributed by atoms with Crippen molar-refractivity contribution in [3.8, 4) is 0 Å². The predicted molar refractivity (Wildman–Crippen MR) is 103 cm³/mol. The summed E-state index contributed by atoms with van der Waals surface area (Å²) in [6.07, 6.45) is 0. The average Bonchev–Trinajstić information content (AvgIpc) is 2.43. The monoisotopic (exact) mass is 329 g/mol. The maximum Gasteiger partial charge on any atom is 0.0188 e. The fourth-order valence-electron chi connectivity index (χ4n) is 2.35. The number of hydrogen-bond donors (Lipinski definition) is 0. The highest BCUT2D eigenvalue weighted by atomic mass is 15.2. The molecule has 3 unspecified atom stereocenters. The summed E-state index contributed by atoms with van der Waals surface area (Å²) in [5.41, 5.74) is 0. The first-order valence-electron chi connectivity index (χ1n) is 8.94. The van der Waals surface area contributed by atoms with Crippen LogP contribution < -0.4 is 0 Å². The third kappa shape index (κ3) is 10.3. The van der Waals surface area contributed by atoms with Crippen molar-refractivity contribution in [3.63, 3.8) is 0 Å². The molecule has 3 atom stereocenters. The molecule has 0 heterocycles. The van der Waals surface area contributed by atoms with Crippen molar-refractivity contribution in [2.75, 3.05) is 82.1 Å².